The smallest absolute Gasteiger partial charge is 0.159 e. The summed E-state index contributed by atoms with van der Waals surface area (Å²) in [6.07, 6.45) is 6.53. The quantitative estimate of drug-likeness (QED) is 0.900. The molecular weight excluding hydrogens is 236 g/mol. The highest BCUT2D eigenvalue weighted by Crippen LogP contribution is 2.38. The first kappa shape index (κ1) is 12.6. The fraction of sp³-hybridized carbons (Fsp3) is 0.600. The predicted molar refractivity (Wildman–Crippen MR) is 77.0 cm³/mol. The molecule has 0 saturated heterocycles. The van der Waals surface area contributed by atoms with Crippen molar-refractivity contribution >= 4 is 11.2 Å². The zero-order valence-electron chi connectivity index (χ0n) is 11.8. The molecule has 102 valence electrons. The summed E-state index contributed by atoms with van der Waals surface area (Å²) in [6, 6.07) is 4.18. The van der Waals surface area contributed by atoms with Gasteiger partial charge in [0.15, 0.2) is 5.65 Å². The zero-order chi connectivity index (χ0) is 13.5. The second kappa shape index (κ2) is 4.60. The number of hydrogen-bond acceptors (Lipinski definition) is 3. The van der Waals surface area contributed by atoms with Crippen LogP contribution in [-0.4, -0.2) is 20.6 Å². The van der Waals surface area contributed by atoms with Crippen molar-refractivity contribution in [2.45, 2.75) is 57.5 Å². The molecule has 0 amide bonds. The lowest BCUT2D eigenvalue weighted by Crippen LogP contribution is -2.47. The van der Waals surface area contributed by atoms with Crippen LogP contribution in [0, 0.1) is 0 Å². The predicted octanol–water partition coefficient (Wildman–Crippen LogP) is 2.61. The van der Waals surface area contributed by atoms with Gasteiger partial charge in [-0.25, -0.2) is 9.97 Å². The van der Waals surface area contributed by atoms with Crippen LogP contribution in [-0.2, 0) is 12.0 Å². The molecule has 0 radical (unpaired) electrons. The number of aryl methyl sites for hydroxylation is 1. The maximum atomic E-state index is 6.42. The maximum absolute atomic E-state index is 6.42. The van der Waals surface area contributed by atoms with E-state index in [9.17, 15) is 0 Å². The average Bonchev–Trinajstić information content (AvgIpc) is 2.81. The molecule has 0 aliphatic heterocycles. The molecule has 3 rings (SSSR count). The number of imidazole rings is 1. The summed E-state index contributed by atoms with van der Waals surface area (Å²) < 4.78 is 2.24. The number of nitrogens with two attached hydrogens (primary N) is 1. The largest absolute Gasteiger partial charge is 0.327 e. The monoisotopic (exact) mass is 258 g/mol. The molecule has 1 aliphatic carbocycles. The highest BCUT2D eigenvalue weighted by molar-refractivity contribution is 5.71. The molecule has 1 fully saturated rings. The maximum Gasteiger partial charge on any atom is 0.159 e. The first-order valence-electron chi connectivity index (χ1n) is 7.24. The molecule has 2 N–H and O–H groups in total. The van der Waals surface area contributed by atoms with Crippen molar-refractivity contribution in [1.82, 2.24) is 14.5 Å². The Bertz CT molecular complexity index is 589. The Morgan fingerprint density at radius 1 is 1.47 bits per heavy atom. The molecule has 1 aliphatic rings. The van der Waals surface area contributed by atoms with E-state index in [1.807, 2.05) is 18.3 Å². The second-order valence-electron chi connectivity index (χ2n) is 5.80. The fourth-order valence-corrected chi connectivity index (χ4v) is 3.33. The Hall–Kier alpha value is -1.42. The SMILES string of the molecule is CCn1c(C2(C)CCCCC2N)nc2cccnc21. The Kier molecular flexibility index (Phi) is 3.05. The number of nitrogens with zero attached hydrogens (tertiary/aromatic N) is 3. The summed E-state index contributed by atoms with van der Waals surface area (Å²) in [4.78, 5) is 9.33. The Labute approximate surface area is 114 Å². The summed E-state index contributed by atoms with van der Waals surface area (Å²) in [5.41, 5.74) is 8.37. The molecule has 2 aromatic rings. The van der Waals surface area contributed by atoms with Gasteiger partial charge in [0.05, 0.1) is 0 Å². The van der Waals surface area contributed by atoms with E-state index in [0.717, 1.165) is 36.4 Å². The van der Waals surface area contributed by atoms with Crippen molar-refractivity contribution in [1.29, 1.82) is 0 Å². The van der Waals surface area contributed by atoms with Gasteiger partial charge in [-0.15, -0.1) is 0 Å². The topological polar surface area (TPSA) is 56.7 Å². The number of rotatable bonds is 2. The molecule has 2 atom stereocenters. The molecular formula is C15H22N4. The highest BCUT2D eigenvalue weighted by atomic mass is 15.1. The summed E-state index contributed by atoms with van der Waals surface area (Å²) in [7, 11) is 0. The van der Waals surface area contributed by atoms with Crippen LogP contribution in [0.3, 0.4) is 0 Å². The number of pyridine rings is 1. The van der Waals surface area contributed by atoms with Crippen LogP contribution in [0.15, 0.2) is 18.3 Å². The number of fused-ring (bicyclic) bond motifs is 1. The van der Waals surface area contributed by atoms with Gasteiger partial charge >= 0.3 is 0 Å². The lowest BCUT2D eigenvalue weighted by molar-refractivity contribution is 0.252. The van der Waals surface area contributed by atoms with E-state index >= 15 is 0 Å². The summed E-state index contributed by atoms with van der Waals surface area (Å²) in [5.74, 6) is 1.12. The minimum absolute atomic E-state index is 0.0189. The first-order chi connectivity index (χ1) is 9.16. The molecule has 2 heterocycles. The third-order valence-corrected chi connectivity index (χ3v) is 4.61. The first-order valence-corrected chi connectivity index (χ1v) is 7.24. The van der Waals surface area contributed by atoms with Gasteiger partial charge in [-0.05, 0) is 31.9 Å². The molecule has 0 bridgehead atoms. The molecule has 2 aromatic heterocycles. The van der Waals surface area contributed by atoms with Crippen molar-refractivity contribution in [2.75, 3.05) is 0 Å². The van der Waals surface area contributed by atoms with Gasteiger partial charge in [-0.2, -0.15) is 0 Å². The highest BCUT2D eigenvalue weighted by Gasteiger charge is 2.39. The van der Waals surface area contributed by atoms with Gasteiger partial charge in [0, 0.05) is 24.2 Å². The molecule has 2 unspecified atom stereocenters. The van der Waals surface area contributed by atoms with E-state index in [0.29, 0.717) is 0 Å². The fourth-order valence-electron chi connectivity index (χ4n) is 3.33. The van der Waals surface area contributed by atoms with Crippen LogP contribution >= 0.6 is 0 Å². The zero-order valence-corrected chi connectivity index (χ0v) is 11.8. The average molecular weight is 258 g/mol. The third kappa shape index (κ3) is 1.86. The minimum Gasteiger partial charge on any atom is -0.327 e. The minimum atomic E-state index is -0.0189. The van der Waals surface area contributed by atoms with E-state index in [1.54, 1.807) is 0 Å². The van der Waals surface area contributed by atoms with E-state index in [4.69, 9.17) is 10.7 Å². The summed E-state index contributed by atoms with van der Waals surface area (Å²) >= 11 is 0. The summed E-state index contributed by atoms with van der Waals surface area (Å²) in [6.45, 7) is 5.31. The van der Waals surface area contributed by atoms with E-state index < -0.39 is 0 Å². The van der Waals surface area contributed by atoms with Gasteiger partial charge in [0.2, 0.25) is 0 Å². The van der Waals surface area contributed by atoms with Gasteiger partial charge < -0.3 is 10.3 Å². The molecule has 0 aromatic carbocycles. The van der Waals surface area contributed by atoms with Gasteiger partial charge in [0.25, 0.3) is 0 Å². The second-order valence-corrected chi connectivity index (χ2v) is 5.80. The number of aromatic nitrogens is 3. The van der Waals surface area contributed by atoms with Crippen molar-refractivity contribution in [3.8, 4) is 0 Å². The van der Waals surface area contributed by atoms with Crippen molar-refractivity contribution in [2.24, 2.45) is 5.73 Å². The van der Waals surface area contributed by atoms with E-state index in [-0.39, 0.29) is 11.5 Å². The lowest BCUT2D eigenvalue weighted by Gasteiger charge is -2.38. The van der Waals surface area contributed by atoms with Crippen molar-refractivity contribution in [3.63, 3.8) is 0 Å². The van der Waals surface area contributed by atoms with Crippen LogP contribution in [0.5, 0.6) is 0 Å². The van der Waals surface area contributed by atoms with Crippen LogP contribution in [0.4, 0.5) is 0 Å². The summed E-state index contributed by atoms with van der Waals surface area (Å²) in [5, 5.41) is 0. The van der Waals surface area contributed by atoms with Crippen molar-refractivity contribution in [3.05, 3.63) is 24.2 Å². The number of hydrogen-bond donors (Lipinski definition) is 1. The normalized spacial score (nSPS) is 27.8. The van der Waals surface area contributed by atoms with Crippen LogP contribution in [0.2, 0.25) is 0 Å². The van der Waals surface area contributed by atoms with E-state index in [1.165, 1.54) is 12.8 Å². The third-order valence-electron chi connectivity index (χ3n) is 4.61. The standard InChI is InChI=1S/C15H22N4/c1-3-19-13-11(7-6-10-17-13)18-14(19)15(2)9-5-4-8-12(15)16/h6-7,10,12H,3-5,8-9,16H2,1-2H3. The van der Waals surface area contributed by atoms with Crippen LogP contribution in [0.1, 0.15) is 45.4 Å². The Morgan fingerprint density at radius 2 is 2.32 bits per heavy atom. The molecule has 1 saturated carbocycles. The van der Waals surface area contributed by atoms with Crippen LogP contribution < -0.4 is 5.73 Å². The Morgan fingerprint density at radius 3 is 3.05 bits per heavy atom. The molecule has 4 heteroatoms. The van der Waals surface area contributed by atoms with E-state index in [2.05, 4.69) is 23.4 Å². The molecule has 0 spiro atoms. The Balaban J connectivity index is 2.18. The molecule has 19 heavy (non-hydrogen) atoms. The van der Waals surface area contributed by atoms with Crippen molar-refractivity contribution < 1.29 is 0 Å². The van der Waals surface area contributed by atoms with Gasteiger partial charge in [-0.3, -0.25) is 0 Å². The molecule has 4 nitrogen and oxygen atoms in total. The van der Waals surface area contributed by atoms with Gasteiger partial charge in [0.1, 0.15) is 11.3 Å². The van der Waals surface area contributed by atoms with Crippen LogP contribution in [0.25, 0.3) is 11.2 Å². The van der Waals surface area contributed by atoms with Gasteiger partial charge in [-0.1, -0.05) is 19.8 Å². The lowest BCUT2D eigenvalue weighted by atomic mass is 9.71.